The Balaban J connectivity index is 1.91. The largest absolute Gasteiger partial charge is 0.372 e. The van der Waals surface area contributed by atoms with E-state index in [0.29, 0.717) is 5.69 Å². The molecule has 5 heteroatoms. The molecule has 20 heavy (non-hydrogen) atoms. The van der Waals surface area contributed by atoms with E-state index in [0.717, 1.165) is 30.9 Å². The van der Waals surface area contributed by atoms with Crippen LogP contribution in [0.2, 0.25) is 0 Å². The van der Waals surface area contributed by atoms with E-state index in [-0.39, 0.29) is 0 Å². The van der Waals surface area contributed by atoms with Gasteiger partial charge in [-0.15, -0.1) is 5.10 Å². The maximum atomic E-state index is 9.02. The molecule has 1 fully saturated rings. The van der Waals surface area contributed by atoms with Crippen molar-refractivity contribution in [1.82, 2.24) is 15.0 Å². The highest BCUT2D eigenvalue weighted by Gasteiger charge is 2.14. The first-order valence-corrected chi connectivity index (χ1v) is 7.03. The molecule has 0 spiro atoms. The fourth-order valence-electron chi connectivity index (χ4n) is 2.69. The van der Waals surface area contributed by atoms with Crippen molar-refractivity contribution in [1.29, 1.82) is 5.26 Å². The first-order chi connectivity index (χ1) is 9.83. The summed E-state index contributed by atoms with van der Waals surface area (Å²) in [6.45, 7) is 4.29. The number of anilines is 1. The number of nitrogens with zero attached hydrogens (tertiary/aromatic N) is 5. The summed E-state index contributed by atoms with van der Waals surface area (Å²) in [5.41, 5.74) is 3.49. The van der Waals surface area contributed by atoms with E-state index in [2.05, 4.69) is 33.4 Å². The molecule has 102 valence electrons. The summed E-state index contributed by atoms with van der Waals surface area (Å²) in [5, 5.41) is 17.0. The van der Waals surface area contributed by atoms with Gasteiger partial charge in [-0.3, -0.25) is 0 Å². The molecule has 0 atom stereocenters. The molecule has 0 bridgehead atoms. The van der Waals surface area contributed by atoms with Gasteiger partial charge >= 0.3 is 0 Å². The van der Waals surface area contributed by atoms with Crippen LogP contribution in [0.3, 0.4) is 0 Å². The third-order valence-electron chi connectivity index (χ3n) is 3.77. The minimum absolute atomic E-state index is 0.413. The van der Waals surface area contributed by atoms with Gasteiger partial charge in [0.1, 0.15) is 6.07 Å². The van der Waals surface area contributed by atoms with Crippen molar-refractivity contribution in [2.45, 2.75) is 26.2 Å². The summed E-state index contributed by atoms with van der Waals surface area (Å²) in [4.78, 5) is 2.40. The molecule has 0 aliphatic carbocycles. The molecule has 0 unspecified atom stereocenters. The molecule has 1 aliphatic rings. The van der Waals surface area contributed by atoms with E-state index in [1.165, 1.54) is 18.5 Å². The molecule has 0 N–H and O–H groups in total. The summed E-state index contributed by atoms with van der Waals surface area (Å²) >= 11 is 0. The van der Waals surface area contributed by atoms with E-state index in [4.69, 9.17) is 5.26 Å². The number of hydrogen-bond acceptors (Lipinski definition) is 4. The Morgan fingerprint density at radius 2 is 1.80 bits per heavy atom. The Kier molecular flexibility index (Phi) is 3.38. The Morgan fingerprint density at radius 1 is 1.15 bits per heavy atom. The minimum Gasteiger partial charge on any atom is -0.372 e. The number of aromatic nitrogens is 3. The van der Waals surface area contributed by atoms with Crippen LogP contribution in [-0.2, 0) is 6.42 Å². The lowest BCUT2D eigenvalue weighted by atomic mass is 10.2. The number of nitriles is 1. The maximum Gasteiger partial charge on any atom is 0.186 e. The fourth-order valence-corrected chi connectivity index (χ4v) is 2.69. The van der Waals surface area contributed by atoms with Gasteiger partial charge in [0.2, 0.25) is 0 Å². The van der Waals surface area contributed by atoms with Crippen LogP contribution < -0.4 is 4.90 Å². The van der Waals surface area contributed by atoms with Crippen molar-refractivity contribution >= 4 is 5.69 Å². The molecule has 0 amide bonds. The van der Waals surface area contributed by atoms with Gasteiger partial charge in [-0.1, -0.05) is 12.1 Å². The molecule has 1 aromatic heterocycles. The summed E-state index contributed by atoms with van der Waals surface area (Å²) in [5.74, 6) is 0. The molecule has 1 saturated heterocycles. The predicted octanol–water partition coefficient (Wildman–Crippen LogP) is 2.30. The van der Waals surface area contributed by atoms with E-state index in [9.17, 15) is 0 Å². The number of rotatable bonds is 3. The van der Waals surface area contributed by atoms with Gasteiger partial charge in [0, 0.05) is 18.8 Å². The summed E-state index contributed by atoms with van der Waals surface area (Å²) in [7, 11) is 0. The summed E-state index contributed by atoms with van der Waals surface area (Å²) < 4.78 is 1.76. The molecule has 3 rings (SSSR count). The Hall–Kier alpha value is -2.35. The zero-order valence-corrected chi connectivity index (χ0v) is 11.6. The fraction of sp³-hybridized carbons (Fsp3) is 0.400. The average Bonchev–Trinajstić information content (AvgIpc) is 3.16. The van der Waals surface area contributed by atoms with Crippen molar-refractivity contribution < 1.29 is 0 Å². The zero-order valence-electron chi connectivity index (χ0n) is 11.6. The van der Waals surface area contributed by atoms with Gasteiger partial charge in [0.05, 0.1) is 11.4 Å². The standard InChI is InChI=1S/C15H17N5/c1-2-15-14(11-16)17-18-20(15)13-7-5-12(6-8-13)19-9-3-4-10-19/h5-8H,2-4,9-10H2,1H3. The van der Waals surface area contributed by atoms with Crippen LogP contribution in [0, 0.1) is 11.3 Å². The first kappa shape index (κ1) is 12.7. The second-order valence-corrected chi connectivity index (χ2v) is 4.97. The van der Waals surface area contributed by atoms with Crippen molar-refractivity contribution in [3.8, 4) is 11.8 Å². The molecular weight excluding hydrogens is 250 g/mol. The van der Waals surface area contributed by atoms with Crippen LogP contribution in [0.1, 0.15) is 31.2 Å². The second-order valence-electron chi connectivity index (χ2n) is 4.97. The normalized spacial score (nSPS) is 14.5. The molecular formula is C15H17N5. The quantitative estimate of drug-likeness (QED) is 0.856. The van der Waals surface area contributed by atoms with Gasteiger partial charge in [-0.05, 0) is 43.5 Å². The Labute approximate surface area is 118 Å². The van der Waals surface area contributed by atoms with Gasteiger partial charge < -0.3 is 4.90 Å². The highest BCUT2D eigenvalue weighted by Crippen LogP contribution is 2.22. The minimum atomic E-state index is 0.413. The van der Waals surface area contributed by atoms with Crippen molar-refractivity contribution in [3.63, 3.8) is 0 Å². The predicted molar refractivity (Wildman–Crippen MR) is 76.9 cm³/mol. The van der Waals surface area contributed by atoms with Crippen LogP contribution in [0.4, 0.5) is 5.69 Å². The van der Waals surface area contributed by atoms with E-state index < -0.39 is 0 Å². The number of hydrogen-bond donors (Lipinski definition) is 0. The van der Waals surface area contributed by atoms with Crippen LogP contribution in [-0.4, -0.2) is 28.1 Å². The third-order valence-corrected chi connectivity index (χ3v) is 3.77. The molecule has 1 aliphatic heterocycles. The van der Waals surface area contributed by atoms with Gasteiger partial charge in [0.25, 0.3) is 0 Å². The third kappa shape index (κ3) is 2.14. The SMILES string of the molecule is CCc1c(C#N)nnn1-c1ccc(N2CCCC2)cc1. The van der Waals surface area contributed by atoms with Crippen molar-refractivity contribution in [2.75, 3.05) is 18.0 Å². The van der Waals surface area contributed by atoms with E-state index in [1.807, 2.05) is 19.1 Å². The summed E-state index contributed by atoms with van der Waals surface area (Å²) in [6, 6.07) is 10.4. The lowest BCUT2D eigenvalue weighted by molar-refractivity contribution is 0.767. The lowest BCUT2D eigenvalue weighted by Gasteiger charge is -2.17. The highest BCUT2D eigenvalue weighted by molar-refractivity contribution is 5.51. The first-order valence-electron chi connectivity index (χ1n) is 7.03. The second kappa shape index (κ2) is 5.33. The smallest absolute Gasteiger partial charge is 0.186 e. The van der Waals surface area contributed by atoms with Gasteiger partial charge in [-0.25, -0.2) is 4.68 Å². The molecule has 5 nitrogen and oxygen atoms in total. The van der Waals surface area contributed by atoms with Crippen molar-refractivity contribution in [2.24, 2.45) is 0 Å². The average molecular weight is 267 g/mol. The van der Waals surface area contributed by atoms with Crippen LogP contribution in [0.5, 0.6) is 0 Å². The highest BCUT2D eigenvalue weighted by atomic mass is 15.4. The Morgan fingerprint density at radius 3 is 2.40 bits per heavy atom. The molecule has 2 aromatic rings. The maximum absolute atomic E-state index is 9.02. The lowest BCUT2D eigenvalue weighted by Crippen LogP contribution is -2.17. The van der Waals surface area contributed by atoms with E-state index >= 15 is 0 Å². The monoisotopic (exact) mass is 267 g/mol. The number of benzene rings is 1. The molecule has 1 aromatic carbocycles. The van der Waals surface area contributed by atoms with Crippen LogP contribution in [0.25, 0.3) is 5.69 Å². The van der Waals surface area contributed by atoms with Crippen LogP contribution >= 0.6 is 0 Å². The van der Waals surface area contributed by atoms with Crippen LogP contribution in [0.15, 0.2) is 24.3 Å². The Bertz CT molecular complexity index is 629. The summed E-state index contributed by atoms with van der Waals surface area (Å²) in [6.07, 6.45) is 3.29. The molecule has 0 saturated carbocycles. The van der Waals surface area contributed by atoms with Gasteiger partial charge in [-0.2, -0.15) is 5.26 Å². The van der Waals surface area contributed by atoms with E-state index in [1.54, 1.807) is 4.68 Å². The van der Waals surface area contributed by atoms with Crippen molar-refractivity contribution in [3.05, 3.63) is 35.7 Å². The topological polar surface area (TPSA) is 57.7 Å². The molecule has 2 heterocycles. The zero-order chi connectivity index (χ0) is 13.9. The van der Waals surface area contributed by atoms with Gasteiger partial charge in [0.15, 0.2) is 5.69 Å². The molecule has 0 radical (unpaired) electrons.